The Balaban J connectivity index is 1.70. The van der Waals surface area contributed by atoms with Crippen molar-refractivity contribution in [3.05, 3.63) is 42.0 Å². The van der Waals surface area contributed by atoms with Gasteiger partial charge in [0.2, 0.25) is 5.91 Å². The highest BCUT2D eigenvalue weighted by Gasteiger charge is 2.26. The maximum atomic E-state index is 12.4. The third-order valence-electron chi connectivity index (χ3n) is 4.44. The molecule has 2 aromatic heterocycles. The van der Waals surface area contributed by atoms with E-state index in [1.54, 1.807) is 12.4 Å². The quantitative estimate of drug-likeness (QED) is 0.887. The van der Waals surface area contributed by atoms with Crippen molar-refractivity contribution in [2.24, 2.45) is 0 Å². The second kappa shape index (κ2) is 8.23. The van der Waals surface area contributed by atoms with Gasteiger partial charge in [-0.2, -0.15) is 0 Å². The van der Waals surface area contributed by atoms with Crippen LogP contribution in [-0.4, -0.2) is 64.4 Å². The highest BCUT2D eigenvalue weighted by atomic mass is 16.2. The molecule has 0 unspecified atom stereocenters. The number of piperidine rings is 1. The molecule has 138 valence electrons. The van der Waals surface area contributed by atoms with E-state index >= 15 is 0 Å². The van der Waals surface area contributed by atoms with E-state index in [0.29, 0.717) is 18.9 Å². The van der Waals surface area contributed by atoms with E-state index in [2.05, 4.69) is 15.3 Å². The monoisotopic (exact) mass is 354 g/mol. The first-order valence-electron chi connectivity index (χ1n) is 8.96. The highest BCUT2D eigenvalue weighted by molar-refractivity contribution is 5.78. The molecule has 1 saturated heterocycles. The number of likely N-dealkylation sites (N-methyl/N-ethyl adjacent to an activating group) is 1. The van der Waals surface area contributed by atoms with E-state index in [1.807, 2.05) is 49.0 Å². The van der Waals surface area contributed by atoms with Crippen LogP contribution in [0, 0.1) is 6.92 Å². The lowest BCUT2D eigenvalue weighted by molar-refractivity contribution is -0.133. The van der Waals surface area contributed by atoms with Gasteiger partial charge in [-0.1, -0.05) is 6.07 Å². The summed E-state index contributed by atoms with van der Waals surface area (Å²) in [6.45, 7) is 3.92. The zero-order valence-corrected chi connectivity index (χ0v) is 15.6. The van der Waals surface area contributed by atoms with Crippen molar-refractivity contribution in [3.63, 3.8) is 0 Å². The maximum absolute atomic E-state index is 12.4. The minimum absolute atomic E-state index is 0.172. The van der Waals surface area contributed by atoms with Gasteiger partial charge in [-0.3, -0.25) is 9.78 Å². The average molecular weight is 354 g/mol. The number of pyridine rings is 1. The largest absolute Gasteiger partial charge is 0.341 e. The summed E-state index contributed by atoms with van der Waals surface area (Å²) < 4.78 is 0. The van der Waals surface area contributed by atoms with E-state index in [9.17, 15) is 4.79 Å². The minimum Gasteiger partial charge on any atom is -0.341 e. The first-order valence-corrected chi connectivity index (χ1v) is 8.96. The van der Waals surface area contributed by atoms with Crippen LogP contribution in [0.4, 0.5) is 11.6 Å². The average Bonchev–Trinajstić information content (AvgIpc) is 2.61. The van der Waals surface area contributed by atoms with Crippen molar-refractivity contribution in [2.45, 2.75) is 25.7 Å². The smallest absolute Gasteiger partial charge is 0.236 e. The summed E-state index contributed by atoms with van der Waals surface area (Å²) in [4.78, 5) is 29.7. The molecule has 0 saturated carbocycles. The molecule has 0 aliphatic carbocycles. The van der Waals surface area contributed by atoms with Gasteiger partial charge in [0.25, 0.3) is 0 Å². The Hall–Kier alpha value is -2.54. The van der Waals surface area contributed by atoms with Crippen molar-refractivity contribution in [1.82, 2.24) is 24.8 Å². The van der Waals surface area contributed by atoms with Gasteiger partial charge in [-0.05, 0) is 46.0 Å². The lowest BCUT2D eigenvalue weighted by atomic mass is 9.95. The van der Waals surface area contributed by atoms with E-state index in [1.165, 1.54) is 0 Å². The second-order valence-corrected chi connectivity index (χ2v) is 7.04. The number of carbonyl (C=O) groups excluding carboxylic acids is 1. The Morgan fingerprint density at radius 2 is 2.12 bits per heavy atom. The van der Waals surface area contributed by atoms with Crippen LogP contribution in [-0.2, 0) is 4.79 Å². The van der Waals surface area contributed by atoms with Gasteiger partial charge in [-0.15, -0.1) is 0 Å². The predicted molar refractivity (Wildman–Crippen MR) is 101 cm³/mol. The molecular weight excluding hydrogens is 328 g/mol. The molecule has 1 N–H and O–H groups in total. The molecular formula is C19H26N6O. The lowest BCUT2D eigenvalue weighted by Crippen LogP contribution is -2.43. The number of hydrogen-bond acceptors (Lipinski definition) is 6. The summed E-state index contributed by atoms with van der Waals surface area (Å²) in [6, 6.07) is 5.82. The number of hydrogen-bond donors (Lipinski definition) is 1. The first-order chi connectivity index (χ1) is 12.5. The molecule has 1 aliphatic rings. The summed E-state index contributed by atoms with van der Waals surface area (Å²) in [7, 11) is 3.83. The van der Waals surface area contributed by atoms with Crippen LogP contribution in [0.5, 0.6) is 0 Å². The Labute approximate surface area is 154 Å². The summed E-state index contributed by atoms with van der Waals surface area (Å²) >= 11 is 0. The molecule has 7 heteroatoms. The molecule has 3 rings (SSSR count). The zero-order chi connectivity index (χ0) is 18.5. The number of aromatic nitrogens is 3. The van der Waals surface area contributed by atoms with Crippen LogP contribution in [0.3, 0.4) is 0 Å². The van der Waals surface area contributed by atoms with Crippen LogP contribution in [0.2, 0.25) is 0 Å². The molecule has 0 bridgehead atoms. The number of nitrogens with zero attached hydrogens (tertiary/aromatic N) is 5. The van der Waals surface area contributed by atoms with Crippen LogP contribution in [0.15, 0.2) is 30.6 Å². The first kappa shape index (κ1) is 18.3. The molecule has 7 nitrogen and oxygen atoms in total. The fourth-order valence-corrected chi connectivity index (χ4v) is 3.20. The Kier molecular flexibility index (Phi) is 5.78. The third-order valence-corrected chi connectivity index (χ3v) is 4.44. The minimum atomic E-state index is 0.172. The normalized spacial score (nSPS) is 17.4. The molecule has 1 atom stereocenters. The van der Waals surface area contributed by atoms with Gasteiger partial charge in [0, 0.05) is 30.9 Å². The molecule has 0 spiro atoms. The van der Waals surface area contributed by atoms with E-state index in [4.69, 9.17) is 4.98 Å². The molecule has 1 fully saturated rings. The molecule has 3 heterocycles. The Morgan fingerprint density at radius 3 is 2.88 bits per heavy atom. The number of rotatable bonds is 5. The van der Waals surface area contributed by atoms with Gasteiger partial charge in [0.15, 0.2) is 0 Å². The predicted octanol–water partition coefficient (Wildman–Crippen LogP) is 2.19. The number of carbonyl (C=O) groups is 1. The SMILES string of the molecule is Cc1cccc(Nc2cncc([C@H]3CCCN(C(=O)CN(C)C)C3)n2)n1. The number of anilines is 2. The van der Waals surface area contributed by atoms with Gasteiger partial charge < -0.3 is 15.1 Å². The van der Waals surface area contributed by atoms with Gasteiger partial charge >= 0.3 is 0 Å². The number of nitrogens with one attached hydrogen (secondary N) is 1. The van der Waals surface area contributed by atoms with E-state index < -0.39 is 0 Å². The molecule has 1 aliphatic heterocycles. The van der Waals surface area contributed by atoms with Gasteiger partial charge in [0.1, 0.15) is 11.6 Å². The molecule has 0 aromatic carbocycles. The Morgan fingerprint density at radius 1 is 1.27 bits per heavy atom. The van der Waals surface area contributed by atoms with Crippen molar-refractivity contribution < 1.29 is 4.79 Å². The number of likely N-dealkylation sites (tertiary alicyclic amines) is 1. The second-order valence-electron chi connectivity index (χ2n) is 7.04. The van der Waals surface area contributed by atoms with Crippen molar-refractivity contribution >= 4 is 17.5 Å². The van der Waals surface area contributed by atoms with Crippen LogP contribution < -0.4 is 5.32 Å². The summed E-state index contributed by atoms with van der Waals surface area (Å²) in [6.07, 6.45) is 5.51. The van der Waals surface area contributed by atoms with Crippen molar-refractivity contribution in [1.29, 1.82) is 0 Å². The standard InChI is InChI=1S/C19H26N6O/c1-14-6-4-8-17(21-14)23-18-11-20-10-16(22-18)15-7-5-9-25(12-15)19(26)13-24(2)3/h4,6,8,10-11,15H,5,7,9,12-13H2,1-3H3,(H,21,22,23)/t15-/m0/s1. The topological polar surface area (TPSA) is 74.2 Å². The molecule has 26 heavy (non-hydrogen) atoms. The molecule has 0 radical (unpaired) electrons. The van der Waals surface area contributed by atoms with Crippen molar-refractivity contribution in [2.75, 3.05) is 39.0 Å². The fourth-order valence-electron chi connectivity index (χ4n) is 3.20. The van der Waals surface area contributed by atoms with E-state index in [-0.39, 0.29) is 11.8 Å². The van der Waals surface area contributed by atoms with Crippen molar-refractivity contribution in [3.8, 4) is 0 Å². The number of aryl methyl sites for hydroxylation is 1. The number of amides is 1. The molecule has 1 amide bonds. The third kappa shape index (κ3) is 4.76. The summed E-state index contributed by atoms with van der Waals surface area (Å²) in [5.74, 6) is 1.82. The molecule has 2 aromatic rings. The van der Waals surface area contributed by atoms with E-state index in [0.717, 1.165) is 36.6 Å². The van der Waals surface area contributed by atoms with Crippen LogP contribution in [0.1, 0.15) is 30.1 Å². The van der Waals surface area contributed by atoms with Gasteiger partial charge in [-0.25, -0.2) is 9.97 Å². The zero-order valence-electron chi connectivity index (χ0n) is 15.6. The van der Waals surface area contributed by atoms with Crippen LogP contribution >= 0.6 is 0 Å². The lowest BCUT2D eigenvalue weighted by Gasteiger charge is -2.33. The maximum Gasteiger partial charge on any atom is 0.236 e. The van der Waals surface area contributed by atoms with Crippen LogP contribution in [0.25, 0.3) is 0 Å². The van der Waals surface area contributed by atoms with Gasteiger partial charge in [0.05, 0.1) is 18.4 Å². The Bertz CT molecular complexity index is 763. The summed E-state index contributed by atoms with van der Waals surface area (Å²) in [5, 5.41) is 3.21. The fraction of sp³-hybridized carbons (Fsp3) is 0.474. The highest BCUT2D eigenvalue weighted by Crippen LogP contribution is 2.26. The summed E-state index contributed by atoms with van der Waals surface area (Å²) in [5.41, 5.74) is 1.87.